The van der Waals surface area contributed by atoms with E-state index in [1.807, 2.05) is 0 Å². The molecule has 2 N–H and O–H groups in total. The molecule has 1 aliphatic heterocycles. The van der Waals surface area contributed by atoms with Crippen molar-refractivity contribution in [2.24, 2.45) is 4.99 Å². The van der Waals surface area contributed by atoms with Crippen molar-refractivity contribution in [1.82, 2.24) is 20.4 Å². The molecule has 0 saturated carbocycles. The minimum atomic E-state index is 0. The first-order chi connectivity index (χ1) is 11.7. The number of hydrogen-bond acceptors (Lipinski definition) is 5. The first-order valence-corrected chi connectivity index (χ1v) is 9.60. The maximum Gasteiger partial charge on any atom is 0.191 e. The number of aliphatic imine (C=N–C) groups is 1. The monoisotopic (exact) mass is 481 g/mol. The predicted molar refractivity (Wildman–Crippen MR) is 117 cm³/mol. The van der Waals surface area contributed by atoms with Gasteiger partial charge in [-0.1, -0.05) is 6.07 Å². The van der Waals surface area contributed by atoms with Crippen molar-refractivity contribution in [2.45, 2.75) is 13.0 Å². The van der Waals surface area contributed by atoms with E-state index in [4.69, 9.17) is 9.73 Å². The van der Waals surface area contributed by atoms with Gasteiger partial charge in [0.1, 0.15) is 0 Å². The second kappa shape index (κ2) is 12.9. The van der Waals surface area contributed by atoms with Gasteiger partial charge >= 0.3 is 0 Å². The van der Waals surface area contributed by atoms with Crippen molar-refractivity contribution >= 4 is 41.3 Å². The second-order valence-electron chi connectivity index (χ2n) is 6.10. The van der Waals surface area contributed by atoms with Crippen molar-refractivity contribution < 1.29 is 4.74 Å². The molecule has 25 heavy (non-hydrogen) atoms. The van der Waals surface area contributed by atoms with Crippen LogP contribution in [0.5, 0.6) is 0 Å². The zero-order valence-corrected chi connectivity index (χ0v) is 18.7. The summed E-state index contributed by atoms with van der Waals surface area (Å²) < 4.78 is 5.39. The summed E-state index contributed by atoms with van der Waals surface area (Å²) in [6.45, 7) is 9.39. The van der Waals surface area contributed by atoms with Gasteiger partial charge in [0.2, 0.25) is 0 Å². The number of morpholine rings is 1. The van der Waals surface area contributed by atoms with Crippen LogP contribution >= 0.6 is 35.3 Å². The molecular formula is C17H32IN5OS. The third-order valence-electron chi connectivity index (χ3n) is 4.09. The number of guanidine groups is 1. The molecule has 1 saturated heterocycles. The highest BCUT2D eigenvalue weighted by molar-refractivity contribution is 14.0. The maximum atomic E-state index is 5.39. The highest BCUT2D eigenvalue weighted by Crippen LogP contribution is 2.23. The zero-order chi connectivity index (χ0) is 17.2. The molecule has 1 fully saturated rings. The highest BCUT2D eigenvalue weighted by Gasteiger charge is 2.15. The molecule has 1 aromatic heterocycles. The van der Waals surface area contributed by atoms with Gasteiger partial charge < -0.3 is 20.3 Å². The zero-order valence-electron chi connectivity index (χ0n) is 15.5. The molecule has 1 aromatic rings. The molecule has 1 unspecified atom stereocenters. The van der Waals surface area contributed by atoms with Gasteiger partial charge in [0, 0.05) is 37.6 Å². The Bertz CT molecular complexity index is 477. The topological polar surface area (TPSA) is 52.1 Å². The van der Waals surface area contributed by atoms with E-state index in [-0.39, 0.29) is 24.0 Å². The normalized spacial score (nSPS) is 17.2. The van der Waals surface area contributed by atoms with Gasteiger partial charge in [-0.25, -0.2) is 0 Å². The number of hydrogen-bond donors (Lipinski definition) is 2. The number of likely N-dealkylation sites (N-methyl/N-ethyl adjacent to an activating group) is 1. The molecule has 1 aliphatic rings. The molecule has 0 radical (unpaired) electrons. The summed E-state index contributed by atoms with van der Waals surface area (Å²) in [6.07, 6.45) is 0. The summed E-state index contributed by atoms with van der Waals surface area (Å²) in [7, 11) is 4.22. The van der Waals surface area contributed by atoms with E-state index in [2.05, 4.69) is 59.0 Å². The van der Waals surface area contributed by atoms with Gasteiger partial charge in [0.15, 0.2) is 5.96 Å². The Balaban J connectivity index is 0.00000312. The van der Waals surface area contributed by atoms with E-state index < -0.39 is 0 Å². The number of nitrogens with zero attached hydrogens (tertiary/aromatic N) is 3. The second-order valence-corrected chi connectivity index (χ2v) is 7.07. The summed E-state index contributed by atoms with van der Waals surface area (Å²) >= 11 is 1.79. The van der Waals surface area contributed by atoms with Gasteiger partial charge in [-0.15, -0.1) is 35.3 Å². The Morgan fingerprint density at radius 3 is 2.72 bits per heavy atom. The smallest absolute Gasteiger partial charge is 0.191 e. The van der Waals surface area contributed by atoms with E-state index >= 15 is 0 Å². The van der Waals surface area contributed by atoms with Crippen LogP contribution < -0.4 is 10.6 Å². The molecule has 6 nitrogen and oxygen atoms in total. The minimum absolute atomic E-state index is 0. The molecule has 0 amide bonds. The van der Waals surface area contributed by atoms with Crippen molar-refractivity contribution in [3.8, 4) is 0 Å². The van der Waals surface area contributed by atoms with E-state index in [1.54, 1.807) is 11.3 Å². The molecule has 144 valence electrons. The van der Waals surface area contributed by atoms with Gasteiger partial charge in [-0.05, 0) is 32.5 Å². The average molecular weight is 481 g/mol. The first-order valence-electron chi connectivity index (χ1n) is 8.72. The number of thiophene rings is 1. The Kier molecular flexibility index (Phi) is 11.6. The van der Waals surface area contributed by atoms with E-state index in [0.29, 0.717) is 6.04 Å². The van der Waals surface area contributed by atoms with Crippen LogP contribution in [0.1, 0.15) is 17.8 Å². The van der Waals surface area contributed by atoms with Gasteiger partial charge in [-0.3, -0.25) is 9.89 Å². The third kappa shape index (κ3) is 8.21. The van der Waals surface area contributed by atoms with E-state index in [0.717, 1.165) is 58.4 Å². The van der Waals surface area contributed by atoms with E-state index in [9.17, 15) is 0 Å². The summed E-state index contributed by atoms with van der Waals surface area (Å²) in [5, 5.41) is 8.92. The lowest BCUT2D eigenvalue weighted by molar-refractivity contribution is 0.0389. The Hall–Kier alpha value is -0.420. The van der Waals surface area contributed by atoms with Crippen molar-refractivity contribution in [3.63, 3.8) is 0 Å². The molecule has 0 bridgehead atoms. The molecule has 0 aromatic carbocycles. The van der Waals surface area contributed by atoms with Gasteiger partial charge in [-0.2, -0.15) is 0 Å². The average Bonchev–Trinajstić information content (AvgIpc) is 3.10. The minimum Gasteiger partial charge on any atom is -0.379 e. The number of nitrogens with one attached hydrogen (secondary N) is 2. The fourth-order valence-corrected chi connectivity index (χ4v) is 3.58. The number of ether oxygens (including phenoxy) is 1. The molecule has 2 heterocycles. The van der Waals surface area contributed by atoms with Crippen LogP contribution in [0.15, 0.2) is 22.5 Å². The standard InChI is InChI=1S/C17H31N5OS.HI/c1-4-18-17(19-7-8-22-9-11-23-12-10-22)20-14-15(21(2)3)16-6-5-13-24-16;/h5-6,13,15H,4,7-12,14H2,1-3H3,(H2,18,19,20);1H. The molecular weight excluding hydrogens is 449 g/mol. The van der Waals surface area contributed by atoms with Crippen molar-refractivity contribution in [1.29, 1.82) is 0 Å². The van der Waals surface area contributed by atoms with Crippen LogP contribution in [0.3, 0.4) is 0 Å². The Labute approximate surface area is 173 Å². The molecule has 8 heteroatoms. The number of halogens is 1. The SMILES string of the molecule is CCNC(=NCC(c1cccs1)N(C)C)NCCN1CCOCC1.I. The molecule has 1 atom stereocenters. The lowest BCUT2D eigenvalue weighted by Gasteiger charge is -2.27. The van der Waals surface area contributed by atoms with Gasteiger partial charge in [0.05, 0.1) is 25.8 Å². The fraction of sp³-hybridized carbons (Fsp3) is 0.706. The lowest BCUT2D eigenvalue weighted by atomic mass is 10.2. The summed E-state index contributed by atoms with van der Waals surface area (Å²) in [5.74, 6) is 0.897. The van der Waals surface area contributed by atoms with Crippen LogP contribution in [-0.4, -0.2) is 82.3 Å². The van der Waals surface area contributed by atoms with Crippen LogP contribution in [0.4, 0.5) is 0 Å². The fourth-order valence-electron chi connectivity index (χ4n) is 2.67. The summed E-state index contributed by atoms with van der Waals surface area (Å²) in [6, 6.07) is 4.61. The summed E-state index contributed by atoms with van der Waals surface area (Å²) in [5.41, 5.74) is 0. The van der Waals surface area contributed by atoms with Crippen LogP contribution in [0.2, 0.25) is 0 Å². The predicted octanol–water partition coefficient (Wildman–Crippen LogP) is 1.86. The van der Waals surface area contributed by atoms with Crippen molar-refractivity contribution in [3.05, 3.63) is 22.4 Å². The van der Waals surface area contributed by atoms with Crippen LogP contribution in [0.25, 0.3) is 0 Å². The quantitative estimate of drug-likeness (QED) is 0.337. The Morgan fingerprint density at radius 1 is 1.36 bits per heavy atom. The molecule has 0 aliphatic carbocycles. The lowest BCUT2D eigenvalue weighted by Crippen LogP contribution is -2.44. The van der Waals surface area contributed by atoms with Crippen LogP contribution in [-0.2, 0) is 4.74 Å². The highest BCUT2D eigenvalue weighted by atomic mass is 127. The number of rotatable bonds is 8. The first kappa shape index (κ1) is 22.6. The summed E-state index contributed by atoms with van der Waals surface area (Å²) in [4.78, 5) is 10.8. The third-order valence-corrected chi connectivity index (χ3v) is 5.06. The van der Waals surface area contributed by atoms with E-state index in [1.165, 1.54) is 4.88 Å². The Morgan fingerprint density at radius 2 is 2.12 bits per heavy atom. The van der Waals surface area contributed by atoms with Crippen molar-refractivity contribution in [2.75, 3.05) is 66.6 Å². The van der Waals surface area contributed by atoms with Gasteiger partial charge in [0.25, 0.3) is 0 Å². The van der Waals surface area contributed by atoms with Crippen LogP contribution in [0, 0.1) is 0 Å². The molecule has 0 spiro atoms. The maximum absolute atomic E-state index is 5.39. The molecule has 2 rings (SSSR count). The largest absolute Gasteiger partial charge is 0.379 e.